The summed E-state index contributed by atoms with van der Waals surface area (Å²) in [5.74, 6) is -2.79. The third-order valence-electron chi connectivity index (χ3n) is 2.80. The van der Waals surface area contributed by atoms with Crippen LogP contribution in [-0.2, 0) is 4.79 Å². The lowest BCUT2D eigenvalue weighted by atomic mass is 9.90. The summed E-state index contributed by atoms with van der Waals surface area (Å²) in [4.78, 5) is 11.0. The fourth-order valence-electron chi connectivity index (χ4n) is 1.78. The van der Waals surface area contributed by atoms with Crippen molar-refractivity contribution in [1.29, 1.82) is 0 Å². The lowest BCUT2D eigenvalue weighted by Gasteiger charge is -2.16. The van der Waals surface area contributed by atoms with Crippen LogP contribution in [0, 0.1) is 19.7 Å². The van der Waals surface area contributed by atoms with Gasteiger partial charge < -0.3 is 10.2 Å². The van der Waals surface area contributed by atoms with E-state index in [0.717, 1.165) is 0 Å². The molecule has 0 saturated heterocycles. The van der Waals surface area contributed by atoms with Crippen molar-refractivity contribution in [3.8, 4) is 5.75 Å². The summed E-state index contributed by atoms with van der Waals surface area (Å²) in [6.45, 7) is 4.78. The minimum absolute atomic E-state index is 0.262. The molecule has 0 radical (unpaired) electrons. The van der Waals surface area contributed by atoms with Gasteiger partial charge in [-0.15, -0.1) is 0 Å². The number of carboxylic acids is 1. The first-order chi connectivity index (χ1) is 7.40. The molecule has 1 unspecified atom stereocenters. The monoisotopic (exact) mass is 226 g/mol. The molecule has 0 fully saturated rings. The average molecular weight is 226 g/mol. The molecule has 0 heterocycles. The third kappa shape index (κ3) is 2.01. The second-order valence-electron chi connectivity index (χ2n) is 3.87. The largest absolute Gasteiger partial charge is 0.505 e. The van der Waals surface area contributed by atoms with Crippen LogP contribution in [0.4, 0.5) is 4.39 Å². The summed E-state index contributed by atoms with van der Waals surface area (Å²) in [5.41, 5.74) is 1.04. The van der Waals surface area contributed by atoms with Crippen molar-refractivity contribution in [1.82, 2.24) is 0 Å². The van der Waals surface area contributed by atoms with Gasteiger partial charge in [-0.1, -0.05) is 13.0 Å². The van der Waals surface area contributed by atoms with Crippen molar-refractivity contribution in [2.45, 2.75) is 33.1 Å². The molecule has 1 atom stereocenters. The number of benzene rings is 1. The van der Waals surface area contributed by atoms with E-state index < -0.39 is 23.5 Å². The van der Waals surface area contributed by atoms with Gasteiger partial charge in [0.25, 0.3) is 0 Å². The molecule has 0 aliphatic heterocycles. The van der Waals surface area contributed by atoms with E-state index in [2.05, 4.69) is 0 Å². The first kappa shape index (κ1) is 12.5. The predicted molar refractivity (Wildman–Crippen MR) is 58.2 cm³/mol. The summed E-state index contributed by atoms with van der Waals surface area (Å²) >= 11 is 0. The van der Waals surface area contributed by atoms with Crippen LogP contribution in [0.2, 0.25) is 0 Å². The number of aryl methyl sites for hydroxylation is 1. The zero-order chi connectivity index (χ0) is 12.5. The molecule has 1 rings (SSSR count). The number of hydrogen-bond donors (Lipinski definition) is 2. The number of aliphatic carboxylic acids is 1. The summed E-state index contributed by atoms with van der Waals surface area (Å²) < 4.78 is 13.3. The van der Waals surface area contributed by atoms with E-state index in [1.54, 1.807) is 6.92 Å². The highest BCUT2D eigenvalue weighted by Gasteiger charge is 2.23. The van der Waals surface area contributed by atoms with Gasteiger partial charge in [0, 0.05) is 0 Å². The topological polar surface area (TPSA) is 57.5 Å². The van der Waals surface area contributed by atoms with Crippen molar-refractivity contribution in [3.63, 3.8) is 0 Å². The first-order valence-corrected chi connectivity index (χ1v) is 5.11. The highest BCUT2D eigenvalue weighted by atomic mass is 19.1. The van der Waals surface area contributed by atoms with Gasteiger partial charge in [-0.05, 0) is 37.0 Å². The molecule has 0 aliphatic carbocycles. The van der Waals surface area contributed by atoms with Gasteiger partial charge in [0.15, 0.2) is 11.6 Å². The van der Waals surface area contributed by atoms with Crippen LogP contribution in [0.3, 0.4) is 0 Å². The van der Waals surface area contributed by atoms with E-state index in [4.69, 9.17) is 5.11 Å². The number of aromatic hydroxyl groups is 1. The van der Waals surface area contributed by atoms with Crippen LogP contribution in [0.1, 0.15) is 36.0 Å². The number of hydrogen-bond acceptors (Lipinski definition) is 2. The van der Waals surface area contributed by atoms with Crippen LogP contribution in [0.5, 0.6) is 5.75 Å². The zero-order valence-corrected chi connectivity index (χ0v) is 9.54. The second-order valence-corrected chi connectivity index (χ2v) is 3.87. The normalized spacial score (nSPS) is 12.5. The van der Waals surface area contributed by atoms with E-state index in [1.807, 2.05) is 0 Å². The van der Waals surface area contributed by atoms with E-state index in [0.29, 0.717) is 17.5 Å². The Morgan fingerprint density at radius 3 is 2.50 bits per heavy atom. The van der Waals surface area contributed by atoms with Crippen molar-refractivity contribution in [2.75, 3.05) is 0 Å². The van der Waals surface area contributed by atoms with Gasteiger partial charge in [-0.25, -0.2) is 4.39 Å². The maximum absolute atomic E-state index is 13.3. The number of rotatable bonds is 3. The molecule has 0 bridgehead atoms. The van der Waals surface area contributed by atoms with Gasteiger partial charge >= 0.3 is 5.97 Å². The van der Waals surface area contributed by atoms with Gasteiger partial charge in [-0.3, -0.25) is 4.79 Å². The zero-order valence-electron chi connectivity index (χ0n) is 9.54. The second kappa shape index (κ2) is 4.51. The summed E-state index contributed by atoms with van der Waals surface area (Å²) in [6.07, 6.45) is 0.403. The van der Waals surface area contributed by atoms with Crippen LogP contribution in [-0.4, -0.2) is 16.2 Å². The highest BCUT2D eigenvalue weighted by Crippen LogP contribution is 2.32. The highest BCUT2D eigenvalue weighted by molar-refractivity contribution is 5.77. The Kier molecular flexibility index (Phi) is 3.52. The molecule has 1 aromatic carbocycles. The molecule has 3 nitrogen and oxygen atoms in total. The van der Waals surface area contributed by atoms with E-state index >= 15 is 0 Å². The summed E-state index contributed by atoms with van der Waals surface area (Å²) in [5, 5.41) is 18.6. The molecule has 0 amide bonds. The molecular weight excluding hydrogens is 211 g/mol. The predicted octanol–water partition coefficient (Wildman–Crippen LogP) is 2.73. The number of phenols is 1. The number of halogens is 1. The Balaban J connectivity index is 3.39. The van der Waals surface area contributed by atoms with E-state index in [1.165, 1.54) is 19.9 Å². The Hall–Kier alpha value is -1.58. The van der Waals surface area contributed by atoms with Crippen LogP contribution >= 0.6 is 0 Å². The third-order valence-corrected chi connectivity index (χ3v) is 2.80. The first-order valence-electron chi connectivity index (χ1n) is 5.11. The van der Waals surface area contributed by atoms with Crippen molar-refractivity contribution in [3.05, 3.63) is 28.6 Å². The summed E-state index contributed by atoms with van der Waals surface area (Å²) in [7, 11) is 0. The van der Waals surface area contributed by atoms with Crippen LogP contribution in [0.15, 0.2) is 6.07 Å². The standard InChI is InChI=1S/C12H15FO3/c1-4-8(12(15)16)9-5-6(2)10(13)11(14)7(9)3/h5,8,14H,4H2,1-3H3,(H,15,16). The van der Waals surface area contributed by atoms with Crippen molar-refractivity contribution >= 4 is 5.97 Å². The average Bonchev–Trinajstić information content (AvgIpc) is 2.23. The lowest BCUT2D eigenvalue weighted by molar-refractivity contribution is -0.138. The molecule has 1 aromatic rings. The molecule has 0 saturated carbocycles. The smallest absolute Gasteiger partial charge is 0.310 e. The van der Waals surface area contributed by atoms with Crippen LogP contribution in [0.25, 0.3) is 0 Å². The molecule has 0 spiro atoms. The lowest BCUT2D eigenvalue weighted by Crippen LogP contribution is -2.12. The maximum Gasteiger partial charge on any atom is 0.310 e. The minimum Gasteiger partial charge on any atom is -0.505 e. The SMILES string of the molecule is CCC(C(=O)O)c1cc(C)c(F)c(O)c1C. The van der Waals surface area contributed by atoms with Gasteiger partial charge in [0.05, 0.1) is 5.92 Å². The van der Waals surface area contributed by atoms with E-state index in [9.17, 15) is 14.3 Å². The van der Waals surface area contributed by atoms with Crippen LogP contribution < -0.4 is 0 Å². The number of carboxylic acid groups (broad SMARTS) is 1. The molecule has 4 heteroatoms. The quantitative estimate of drug-likeness (QED) is 0.833. The van der Waals surface area contributed by atoms with Gasteiger partial charge in [-0.2, -0.15) is 0 Å². The Bertz CT molecular complexity index is 427. The number of phenolic OH excluding ortho intramolecular Hbond substituents is 1. The Labute approximate surface area is 93.5 Å². The Morgan fingerprint density at radius 1 is 1.50 bits per heavy atom. The molecule has 2 N–H and O–H groups in total. The minimum atomic E-state index is -0.962. The molecular formula is C12H15FO3. The number of carbonyl (C=O) groups is 1. The maximum atomic E-state index is 13.3. The molecule has 0 aromatic heterocycles. The molecule has 88 valence electrons. The van der Waals surface area contributed by atoms with Crippen molar-refractivity contribution < 1.29 is 19.4 Å². The Morgan fingerprint density at radius 2 is 2.06 bits per heavy atom. The fourth-order valence-corrected chi connectivity index (χ4v) is 1.78. The van der Waals surface area contributed by atoms with Gasteiger partial charge in [0.2, 0.25) is 0 Å². The van der Waals surface area contributed by atoms with Crippen molar-refractivity contribution in [2.24, 2.45) is 0 Å². The van der Waals surface area contributed by atoms with E-state index in [-0.39, 0.29) is 5.56 Å². The molecule has 16 heavy (non-hydrogen) atoms. The molecule has 0 aliphatic rings. The summed E-state index contributed by atoms with van der Waals surface area (Å²) in [6, 6.07) is 1.49. The van der Waals surface area contributed by atoms with Gasteiger partial charge in [0.1, 0.15) is 0 Å². The fraction of sp³-hybridized carbons (Fsp3) is 0.417.